The SMILES string of the molecule is N=C1c2c(c(-c3ccc(-c4cccc(-c5nc(-c6ccccc6)nc(-c6ccc(-c7ccccc7)cc6)n5)c4)cc3)nc3ccccc23)C=CC1NS. The number of pyridine rings is 1. The molecule has 0 saturated carbocycles. The van der Waals surface area contributed by atoms with Crippen LogP contribution >= 0.6 is 12.8 Å². The highest BCUT2D eigenvalue weighted by Crippen LogP contribution is 2.36. The number of thiol groups is 1. The van der Waals surface area contributed by atoms with E-state index in [1.54, 1.807) is 0 Å². The van der Waals surface area contributed by atoms with Crippen LogP contribution in [0.1, 0.15) is 11.1 Å². The average molecular weight is 701 g/mol. The number of hydrogen-bond donors (Lipinski definition) is 3. The van der Waals surface area contributed by atoms with Gasteiger partial charge in [-0.1, -0.05) is 171 Å². The summed E-state index contributed by atoms with van der Waals surface area (Å²) in [7, 11) is 0. The molecular formula is C46H32N6S. The van der Waals surface area contributed by atoms with Crippen molar-refractivity contribution in [2.24, 2.45) is 0 Å². The van der Waals surface area contributed by atoms with Crippen LogP contribution in [0.3, 0.4) is 0 Å². The molecule has 6 aromatic carbocycles. The summed E-state index contributed by atoms with van der Waals surface area (Å²) in [4.78, 5) is 20.0. The fourth-order valence-corrected chi connectivity index (χ4v) is 7.12. The van der Waals surface area contributed by atoms with Gasteiger partial charge < -0.3 is 5.41 Å². The van der Waals surface area contributed by atoms with Crippen molar-refractivity contribution in [3.63, 3.8) is 0 Å². The minimum absolute atomic E-state index is 0.274. The minimum Gasteiger partial charge on any atom is -0.303 e. The van der Waals surface area contributed by atoms with E-state index in [1.807, 2.05) is 91.0 Å². The predicted octanol–water partition coefficient (Wildman–Crippen LogP) is 10.6. The Kier molecular flexibility index (Phi) is 8.48. The summed E-state index contributed by atoms with van der Waals surface area (Å²) >= 11 is 4.27. The van der Waals surface area contributed by atoms with Gasteiger partial charge in [0.25, 0.3) is 0 Å². The highest BCUT2D eigenvalue weighted by molar-refractivity contribution is 7.78. The van der Waals surface area contributed by atoms with Crippen LogP contribution in [0.25, 0.3) is 84.7 Å². The van der Waals surface area contributed by atoms with Crippen molar-refractivity contribution >= 4 is 35.5 Å². The van der Waals surface area contributed by atoms with Crippen LogP contribution in [0.4, 0.5) is 0 Å². The monoisotopic (exact) mass is 700 g/mol. The van der Waals surface area contributed by atoms with Gasteiger partial charge in [0.2, 0.25) is 0 Å². The van der Waals surface area contributed by atoms with Crippen LogP contribution < -0.4 is 4.72 Å². The number of rotatable bonds is 7. The summed E-state index contributed by atoms with van der Waals surface area (Å²) in [6, 6.07) is 53.3. The predicted molar refractivity (Wildman–Crippen MR) is 220 cm³/mol. The Morgan fingerprint density at radius 3 is 1.64 bits per heavy atom. The number of benzene rings is 6. The molecule has 0 saturated heterocycles. The molecule has 0 bridgehead atoms. The van der Waals surface area contributed by atoms with Gasteiger partial charge in [-0.2, -0.15) is 0 Å². The van der Waals surface area contributed by atoms with Crippen molar-refractivity contribution < 1.29 is 0 Å². The molecule has 2 aromatic heterocycles. The van der Waals surface area contributed by atoms with Crippen molar-refractivity contribution in [1.29, 1.82) is 5.41 Å². The highest BCUT2D eigenvalue weighted by Gasteiger charge is 2.25. The number of nitrogens with one attached hydrogen (secondary N) is 2. The number of para-hydroxylation sites is 1. The van der Waals surface area contributed by atoms with E-state index < -0.39 is 0 Å². The molecule has 2 N–H and O–H groups in total. The van der Waals surface area contributed by atoms with Crippen LogP contribution in [0, 0.1) is 5.41 Å². The first-order valence-electron chi connectivity index (χ1n) is 17.4. The third-order valence-corrected chi connectivity index (χ3v) is 9.91. The molecule has 1 atom stereocenters. The van der Waals surface area contributed by atoms with Crippen molar-refractivity contribution in [1.82, 2.24) is 24.7 Å². The Labute approximate surface area is 313 Å². The lowest BCUT2D eigenvalue weighted by molar-refractivity contribution is 0.981. The number of fused-ring (bicyclic) bond motifs is 3. The molecule has 1 unspecified atom stereocenters. The third-order valence-electron chi connectivity index (χ3n) is 9.63. The molecule has 0 aliphatic heterocycles. The minimum atomic E-state index is -0.274. The molecule has 0 spiro atoms. The van der Waals surface area contributed by atoms with Crippen LogP contribution in [0.15, 0.2) is 164 Å². The fraction of sp³-hybridized carbons (Fsp3) is 0.0217. The van der Waals surface area contributed by atoms with E-state index >= 15 is 0 Å². The van der Waals surface area contributed by atoms with Crippen molar-refractivity contribution in [2.75, 3.05) is 0 Å². The summed E-state index contributed by atoms with van der Waals surface area (Å²) < 4.78 is 2.94. The fourth-order valence-electron chi connectivity index (χ4n) is 6.90. The quantitative estimate of drug-likeness (QED) is 0.144. The number of aromatic nitrogens is 4. The van der Waals surface area contributed by atoms with Gasteiger partial charge in [0.05, 0.1) is 23.0 Å². The first-order chi connectivity index (χ1) is 26.1. The van der Waals surface area contributed by atoms with Crippen molar-refractivity contribution in [3.05, 3.63) is 175 Å². The second-order valence-corrected chi connectivity index (χ2v) is 13.2. The molecule has 9 rings (SSSR count). The summed E-state index contributed by atoms with van der Waals surface area (Å²) in [5, 5.41) is 9.93. The van der Waals surface area contributed by atoms with Crippen molar-refractivity contribution in [2.45, 2.75) is 6.04 Å². The molecule has 7 heteroatoms. The van der Waals surface area contributed by atoms with Gasteiger partial charge in [-0.15, -0.1) is 0 Å². The van der Waals surface area contributed by atoms with Crippen LogP contribution in [-0.2, 0) is 0 Å². The molecule has 2 heterocycles. The topological polar surface area (TPSA) is 87.4 Å². The Bertz CT molecular complexity index is 2660. The Morgan fingerprint density at radius 1 is 0.472 bits per heavy atom. The summed E-state index contributed by atoms with van der Waals surface area (Å²) in [6.07, 6.45) is 4.02. The molecule has 53 heavy (non-hydrogen) atoms. The third kappa shape index (κ3) is 6.22. The standard InChI is InChI=1S/C46H32N6S/c47-42-40(52-53)27-26-38-41(42)37-16-7-8-17-39(37)48-43(38)32-22-18-31(19-23-32)35-14-9-15-36(28-35)46-50-44(33-12-5-2-6-13-33)49-45(51-46)34-24-20-30(21-25-34)29-10-3-1-4-11-29/h1-28,40,47,52-53H. The van der Waals surface area contributed by atoms with Crippen molar-refractivity contribution in [3.8, 4) is 67.7 Å². The number of hydrogen-bond acceptors (Lipinski definition) is 7. The highest BCUT2D eigenvalue weighted by atomic mass is 32.1. The van der Waals surface area contributed by atoms with E-state index in [-0.39, 0.29) is 6.04 Å². The van der Waals surface area contributed by atoms with Gasteiger partial charge >= 0.3 is 0 Å². The zero-order valence-electron chi connectivity index (χ0n) is 28.5. The first-order valence-corrected chi connectivity index (χ1v) is 17.9. The van der Waals surface area contributed by atoms with E-state index in [0.29, 0.717) is 23.2 Å². The zero-order valence-corrected chi connectivity index (χ0v) is 29.4. The second kappa shape index (κ2) is 13.9. The van der Waals surface area contributed by atoms with Gasteiger partial charge in [0, 0.05) is 38.8 Å². The summed E-state index contributed by atoms with van der Waals surface area (Å²) in [6.45, 7) is 0. The van der Waals surface area contributed by atoms with Gasteiger partial charge in [0.1, 0.15) is 0 Å². The van der Waals surface area contributed by atoms with Crippen LogP contribution in [-0.4, -0.2) is 31.7 Å². The molecule has 8 aromatic rings. The van der Waals surface area contributed by atoms with Crippen LogP contribution in [0.2, 0.25) is 0 Å². The Morgan fingerprint density at radius 2 is 0.962 bits per heavy atom. The smallest absolute Gasteiger partial charge is 0.164 e. The molecular weight excluding hydrogens is 669 g/mol. The van der Waals surface area contributed by atoms with Gasteiger partial charge in [-0.25, -0.2) is 19.9 Å². The van der Waals surface area contributed by atoms with Crippen LogP contribution in [0.5, 0.6) is 0 Å². The Balaban J connectivity index is 1.08. The normalized spacial score (nSPS) is 13.6. The summed E-state index contributed by atoms with van der Waals surface area (Å²) in [5.74, 6) is 1.85. The lowest BCUT2D eigenvalue weighted by Crippen LogP contribution is -2.32. The molecule has 1 aliphatic rings. The molecule has 0 radical (unpaired) electrons. The average Bonchev–Trinajstić information content (AvgIpc) is 3.24. The van der Waals surface area contributed by atoms with E-state index in [9.17, 15) is 0 Å². The van der Waals surface area contributed by atoms with Gasteiger partial charge in [-0.05, 0) is 34.4 Å². The molecule has 6 nitrogen and oxygen atoms in total. The molecule has 252 valence electrons. The second-order valence-electron chi connectivity index (χ2n) is 12.9. The van der Waals surface area contributed by atoms with E-state index in [2.05, 4.69) is 96.4 Å². The largest absolute Gasteiger partial charge is 0.303 e. The maximum absolute atomic E-state index is 8.97. The van der Waals surface area contributed by atoms with E-state index in [0.717, 1.165) is 72.2 Å². The maximum Gasteiger partial charge on any atom is 0.164 e. The summed E-state index contributed by atoms with van der Waals surface area (Å²) in [5.41, 5.74) is 12.1. The lowest BCUT2D eigenvalue weighted by Gasteiger charge is -2.23. The van der Waals surface area contributed by atoms with E-state index in [4.69, 9.17) is 25.3 Å². The first kappa shape index (κ1) is 32.4. The molecule has 1 aliphatic carbocycles. The molecule has 0 amide bonds. The maximum atomic E-state index is 8.97. The van der Waals surface area contributed by atoms with E-state index in [1.165, 1.54) is 0 Å². The Hall–Kier alpha value is -6.54. The zero-order chi connectivity index (χ0) is 35.7. The lowest BCUT2D eigenvalue weighted by atomic mass is 9.87. The van der Waals surface area contributed by atoms with Gasteiger partial charge in [-0.3, -0.25) is 4.72 Å². The molecule has 0 fully saturated rings. The van der Waals surface area contributed by atoms with Gasteiger partial charge in [0.15, 0.2) is 17.5 Å². The number of nitrogens with zero attached hydrogens (tertiary/aromatic N) is 4.